The Morgan fingerprint density at radius 3 is 2.80 bits per heavy atom. The predicted molar refractivity (Wildman–Crippen MR) is 72.3 cm³/mol. The Morgan fingerprint density at radius 1 is 1.35 bits per heavy atom. The van der Waals surface area contributed by atoms with Crippen molar-refractivity contribution in [2.45, 2.75) is 6.92 Å². The van der Waals surface area contributed by atoms with Gasteiger partial charge in [0.2, 0.25) is 0 Å². The first-order valence-electron chi connectivity index (χ1n) is 5.93. The van der Waals surface area contributed by atoms with Gasteiger partial charge in [0.15, 0.2) is 12.4 Å². The maximum Gasteiger partial charge on any atom is 0.293 e. The SMILES string of the molecule is Cc1cc(N)ccc1OCC(=O)NC(=O)c1ccco1. The van der Waals surface area contributed by atoms with Gasteiger partial charge in [-0.15, -0.1) is 0 Å². The van der Waals surface area contributed by atoms with Crippen molar-refractivity contribution in [3.63, 3.8) is 0 Å². The molecule has 1 aromatic carbocycles. The fraction of sp³-hybridized carbons (Fsp3) is 0.143. The molecule has 0 aliphatic heterocycles. The van der Waals surface area contributed by atoms with E-state index in [4.69, 9.17) is 14.9 Å². The van der Waals surface area contributed by atoms with Gasteiger partial charge in [0.05, 0.1) is 6.26 Å². The lowest BCUT2D eigenvalue weighted by atomic mass is 10.2. The molecule has 0 unspecified atom stereocenters. The molecule has 0 bridgehead atoms. The average Bonchev–Trinajstić information content (AvgIpc) is 2.91. The molecule has 0 aliphatic carbocycles. The summed E-state index contributed by atoms with van der Waals surface area (Å²) in [4.78, 5) is 23.1. The molecule has 2 amide bonds. The maximum absolute atomic E-state index is 11.6. The summed E-state index contributed by atoms with van der Waals surface area (Å²) in [6.07, 6.45) is 1.35. The maximum atomic E-state index is 11.6. The predicted octanol–water partition coefficient (Wildman–Crippen LogP) is 1.51. The first-order valence-corrected chi connectivity index (χ1v) is 5.93. The third kappa shape index (κ3) is 3.38. The molecule has 0 atom stereocenters. The van der Waals surface area contributed by atoms with Crippen molar-refractivity contribution in [3.05, 3.63) is 47.9 Å². The molecular formula is C14H14N2O4. The molecule has 20 heavy (non-hydrogen) atoms. The summed E-state index contributed by atoms with van der Waals surface area (Å²) in [5.41, 5.74) is 7.05. The lowest BCUT2D eigenvalue weighted by molar-refractivity contribution is -0.122. The number of anilines is 1. The van der Waals surface area contributed by atoms with Gasteiger partial charge in [-0.2, -0.15) is 0 Å². The van der Waals surface area contributed by atoms with Crippen LogP contribution in [0.25, 0.3) is 0 Å². The molecule has 0 aliphatic rings. The van der Waals surface area contributed by atoms with Crippen LogP contribution >= 0.6 is 0 Å². The highest BCUT2D eigenvalue weighted by molar-refractivity contribution is 6.03. The molecule has 3 N–H and O–H groups in total. The largest absolute Gasteiger partial charge is 0.483 e. The second kappa shape index (κ2) is 5.92. The van der Waals surface area contributed by atoms with Crippen molar-refractivity contribution in [3.8, 4) is 5.75 Å². The second-order valence-corrected chi connectivity index (χ2v) is 4.17. The molecule has 0 radical (unpaired) electrons. The third-order valence-electron chi connectivity index (χ3n) is 2.56. The summed E-state index contributed by atoms with van der Waals surface area (Å²) in [6.45, 7) is 1.55. The fourth-order valence-corrected chi connectivity index (χ4v) is 1.61. The van der Waals surface area contributed by atoms with Crippen molar-refractivity contribution < 1.29 is 18.7 Å². The smallest absolute Gasteiger partial charge is 0.293 e. The van der Waals surface area contributed by atoms with E-state index >= 15 is 0 Å². The highest BCUT2D eigenvalue weighted by Crippen LogP contribution is 2.19. The van der Waals surface area contributed by atoms with Gasteiger partial charge in [-0.05, 0) is 42.8 Å². The molecule has 0 saturated heterocycles. The summed E-state index contributed by atoms with van der Waals surface area (Å²) >= 11 is 0. The minimum absolute atomic E-state index is 0.0713. The van der Waals surface area contributed by atoms with Crippen LogP contribution in [0.15, 0.2) is 41.0 Å². The molecule has 2 aromatic rings. The van der Waals surface area contributed by atoms with Crippen molar-refractivity contribution >= 4 is 17.5 Å². The Labute approximate surface area is 115 Å². The van der Waals surface area contributed by atoms with E-state index in [1.807, 2.05) is 6.92 Å². The number of carbonyl (C=O) groups excluding carboxylic acids is 2. The van der Waals surface area contributed by atoms with E-state index in [-0.39, 0.29) is 12.4 Å². The number of nitrogens with one attached hydrogen (secondary N) is 1. The van der Waals surface area contributed by atoms with E-state index in [0.717, 1.165) is 5.56 Å². The third-order valence-corrected chi connectivity index (χ3v) is 2.56. The highest BCUT2D eigenvalue weighted by Gasteiger charge is 2.13. The summed E-state index contributed by atoms with van der Waals surface area (Å²) < 4.78 is 10.2. The molecule has 104 valence electrons. The highest BCUT2D eigenvalue weighted by atomic mass is 16.5. The molecule has 6 nitrogen and oxygen atoms in total. The molecule has 0 fully saturated rings. The quantitative estimate of drug-likeness (QED) is 0.824. The van der Waals surface area contributed by atoms with Crippen LogP contribution in [-0.4, -0.2) is 18.4 Å². The van der Waals surface area contributed by atoms with Gasteiger partial charge in [-0.3, -0.25) is 14.9 Å². The van der Waals surface area contributed by atoms with Crippen LogP contribution in [-0.2, 0) is 4.79 Å². The summed E-state index contributed by atoms with van der Waals surface area (Å²) in [7, 11) is 0. The van der Waals surface area contributed by atoms with Gasteiger partial charge < -0.3 is 14.9 Å². The van der Waals surface area contributed by atoms with E-state index < -0.39 is 11.8 Å². The number of nitrogen functional groups attached to an aromatic ring is 1. The zero-order valence-electron chi connectivity index (χ0n) is 10.9. The number of aryl methyl sites for hydroxylation is 1. The van der Waals surface area contributed by atoms with E-state index in [2.05, 4.69) is 5.32 Å². The van der Waals surface area contributed by atoms with Gasteiger partial charge in [-0.25, -0.2) is 0 Å². The monoisotopic (exact) mass is 274 g/mol. The summed E-state index contributed by atoms with van der Waals surface area (Å²) in [5, 5.41) is 2.16. The number of hydrogen-bond donors (Lipinski definition) is 2. The second-order valence-electron chi connectivity index (χ2n) is 4.17. The van der Waals surface area contributed by atoms with Gasteiger partial charge in [0, 0.05) is 5.69 Å². The van der Waals surface area contributed by atoms with Crippen LogP contribution in [0.5, 0.6) is 5.75 Å². The number of ether oxygens (including phenoxy) is 1. The minimum atomic E-state index is -0.599. The molecule has 0 saturated carbocycles. The van der Waals surface area contributed by atoms with Crippen molar-refractivity contribution in [2.75, 3.05) is 12.3 Å². The Kier molecular flexibility index (Phi) is 4.05. The normalized spacial score (nSPS) is 10.1. The molecule has 2 rings (SSSR count). The van der Waals surface area contributed by atoms with Gasteiger partial charge in [-0.1, -0.05) is 0 Å². The lowest BCUT2D eigenvalue weighted by Crippen LogP contribution is -2.34. The van der Waals surface area contributed by atoms with Crippen LogP contribution in [0.4, 0.5) is 5.69 Å². The van der Waals surface area contributed by atoms with Crippen LogP contribution in [0.3, 0.4) is 0 Å². The standard InChI is InChI=1S/C14H14N2O4/c1-9-7-10(15)4-5-11(9)20-8-13(17)16-14(18)12-3-2-6-19-12/h2-7H,8,15H2,1H3,(H,16,17,18). The number of benzene rings is 1. The zero-order valence-corrected chi connectivity index (χ0v) is 10.9. The van der Waals surface area contributed by atoms with Crippen molar-refractivity contribution in [1.82, 2.24) is 5.32 Å². The minimum Gasteiger partial charge on any atom is -0.483 e. The first-order chi connectivity index (χ1) is 9.56. The number of hydrogen-bond acceptors (Lipinski definition) is 5. The van der Waals surface area contributed by atoms with Crippen LogP contribution < -0.4 is 15.8 Å². The van der Waals surface area contributed by atoms with Gasteiger partial charge in [0.1, 0.15) is 5.75 Å². The molecule has 6 heteroatoms. The van der Waals surface area contributed by atoms with Crippen LogP contribution in [0.2, 0.25) is 0 Å². The Hall–Kier alpha value is -2.76. The van der Waals surface area contributed by atoms with Gasteiger partial charge >= 0.3 is 0 Å². The average molecular weight is 274 g/mol. The number of imide groups is 1. The topological polar surface area (TPSA) is 94.6 Å². The lowest BCUT2D eigenvalue weighted by Gasteiger charge is -2.09. The van der Waals surface area contributed by atoms with Crippen molar-refractivity contribution in [2.24, 2.45) is 0 Å². The Balaban J connectivity index is 1.88. The van der Waals surface area contributed by atoms with Crippen molar-refractivity contribution in [1.29, 1.82) is 0 Å². The Morgan fingerprint density at radius 2 is 2.15 bits per heavy atom. The molecule has 1 aromatic heterocycles. The number of furan rings is 1. The number of rotatable bonds is 4. The number of nitrogens with two attached hydrogens (primary N) is 1. The van der Waals surface area contributed by atoms with E-state index in [1.54, 1.807) is 24.3 Å². The van der Waals surface area contributed by atoms with E-state index in [1.165, 1.54) is 12.3 Å². The van der Waals surface area contributed by atoms with Gasteiger partial charge in [0.25, 0.3) is 11.8 Å². The van der Waals surface area contributed by atoms with E-state index in [9.17, 15) is 9.59 Å². The fourth-order valence-electron chi connectivity index (χ4n) is 1.61. The first kappa shape index (κ1) is 13.7. The number of amides is 2. The molecular weight excluding hydrogens is 260 g/mol. The Bertz CT molecular complexity index is 620. The van der Waals surface area contributed by atoms with Crippen LogP contribution in [0.1, 0.15) is 16.1 Å². The molecule has 0 spiro atoms. The molecule has 1 heterocycles. The zero-order chi connectivity index (χ0) is 14.5. The van der Waals surface area contributed by atoms with E-state index in [0.29, 0.717) is 11.4 Å². The van der Waals surface area contributed by atoms with Crippen LogP contribution in [0, 0.1) is 6.92 Å². The number of carbonyl (C=O) groups is 2. The summed E-state index contributed by atoms with van der Waals surface area (Å²) in [6, 6.07) is 8.11. The summed E-state index contributed by atoms with van der Waals surface area (Å²) in [5.74, 6) is -0.540.